The molecule has 0 aromatic carbocycles. The first-order valence-corrected chi connectivity index (χ1v) is 8.76. The Morgan fingerprint density at radius 2 is 1.45 bits per heavy atom. The van der Waals surface area contributed by atoms with Crippen molar-refractivity contribution in [2.24, 2.45) is 0 Å². The number of aromatic nitrogens is 1. The minimum atomic E-state index is 0. The molecule has 0 saturated carbocycles. The summed E-state index contributed by atoms with van der Waals surface area (Å²) in [7, 11) is 0. The molecule has 3 heteroatoms. The number of aryl methyl sites for hydroxylation is 1. The Labute approximate surface area is 147 Å². The van der Waals surface area contributed by atoms with E-state index in [0.717, 1.165) is 12.1 Å². The van der Waals surface area contributed by atoms with Gasteiger partial charge in [0.15, 0.2) is 12.4 Å². The van der Waals surface area contributed by atoms with Gasteiger partial charge in [0.25, 0.3) is 0 Å². The zero-order valence-corrected chi connectivity index (χ0v) is 15.7. The SMILES string of the molecule is CCCCCCCCCCCCC[n+]1cccc(C#N)c1.[Br-]. The lowest BCUT2D eigenvalue weighted by molar-refractivity contribution is -0.697. The second-order valence-corrected chi connectivity index (χ2v) is 5.98. The van der Waals surface area contributed by atoms with E-state index < -0.39 is 0 Å². The van der Waals surface area contributed by atoms with E-state index in [0.29, 0.717) is 0 Å². The average Bonchev–Trinajstić information content (AvgIpc) is 2.53. The summed E-state index contributed by atoms with van der Waals surface area (Å²) in [6, 6.07) is 6.00. The molecular weight excluding hydrogens is 336 g/mol. The molecule has 1 aromatic rings. The summed E-state index contributed by atoms with van der Waals surface area (Å²) in [5.41, 5.74) is 0.751. The van der Waals surface area contributed by atoms with Crippen molar-refractivity contribution in [2.75, 3.05) is 0 Å². The third-order valence-electron chi connectivity index (χ3n) is 4.01. The van der Waals surface area contributed by atoms with E-state index in [1.807, 2.05) is 18.3 Å². The Bertz CT molecular complexity index is 412. The minimum absolute atomic E-state index is 0. The van der Waals surface area contributed by atoms with Crippen LogP contribution in [0.4, 0.5) is 0 Å². The van der Waals surface area contributed by atoms with Crippen molar-refractivity contribution in [3.8, 4) is 6.07 Å². The fraction of sp³-hybridized carbons (Fsp3) is 0.684. The van der Waals surface area contributed by atoms with Gasteiger partial charge in [0.2, 0.25) is 0 Å². The van der Waals surface area contributed by atoms with Crippen LogP contribution in [0, 0.1) is 11.3 Å². The minimum Gasteiger partial charge on any atom is -1.00 e. The highest BCUT2D eigenvalue weighted by atomic mass is 79.9. The molecule has 0 spiro atoms. The Morgan fingerprint density at radius 3 is 2.00 bits per heavy atom. The summed E-state index contributed by atoms with van der Waals surface area (Å²) in [5, 5.41) is 8.86. The summed E-state index contributed by atoms with van der Waals surface area (Å²) in [4.78, 5) is 0. The van der Waals surface area contributed by atoms with Gasteiger partial charge in [-0.2, -0.15) is 5.26 Å². The van der Waals surface area contributed by atoms with Gasteiger partial charge < -0.3 is 17.0 Å². The van der Waals surface area contributed by atoms with E-state index in [4.69, 9.17) is 5.26 Å². The Hall–Kier alpha value is -0.880. The van der Waals surface area contributed by atoms with Gasteiger partial charge in [-0.25, -0.2) is 4.57 Å². The Kier molecular flexibility index (Phi) is 14.4. The fourth-order valence-corrected chi connectivity index (χ4v) is 2.69. The van der Waals surface area contributed by atoms with Crippen molar-refractivity contribution >= 4 is 0 Å². The number of rotatable bonds is 12. The topological polar surface area (TPSA) is 27.7 Å². The molecule has 0 unspecified atom stereocenters. The van der Waals surface area contributed by atoms with Crippen LogP contribution in [-0.2, 0) is 6.54 Å². The smallest absolute Gasteiger partial charge is 0.186 e. The first-order valence-electron chi connectivity index (χ1n) is 8.76. The Balaban J connectivity index is 0.00000441. The monoisotopic (exact) mass is 366 g/mol. The van der Waals surface area contributed by atoms with Crippen molar-refractivity contribution in [2.45, 2.75) is 84.1 Å². The molecule has 0 saturated heterocycles. The molecule has 0 fully saturated rings. The molecule has 0 amide bonds. The zero-order valence-electron chi connectivity index (χ0n) is 14.1. The maximum atomic E-state index is 8.86. The number of nitrogens with zero attached hydrogens (tertiary/aromatic N) is 2. The van der Waals surface area contributed by atoms with Crippen LogP contribution < -0.4 is 21.5 Å². The Morgan fingerprint density at radius 1 is 0.909 bits per heavy atom. The number of halogens is 1. The summed E-state index contributed by atoms with van der Waals surface area (Å²) < 4.78 is 2.13. The van der Waals surface area contributed by atoms with E-state index in [-0.39, 0.29) is 17.0 Å². The highest BCUT2D eigenvalue weighted by molar-refractivity contribution is 5.21. The molecule has 0 radical (unpaired) electrons. The van der Waals surface area contributed by atoms with Gasteiger partial charge in [-0.05, 0) is 12.5 Å². The first kappa shape index (κ1) is 21.1. The molecule has 0 atom stereocenters. The first-order chi connectivity index (χ1) is 10.4. The van der Waals surface area contributed by atoms with Crippen LogP contribution in [-0.4, -0.2) is 0 Å². The molecule has 22 heavy (non-hydrogen) atoms. The third-order valence-corrected chi connectivity index (χ3v) is 4.01. The fourth-order valence-electron chi connectivity index (χ4n) is 2.69. The highest BCUT2D eigenvalue weighted by Crippen LogP contribution is 2.11. The van der Waals surface area contributed by atoms with E-state index in [9.17, 15) is 0 Å². The number of hydrogen-bond acceptors (Lipinski definition) is 1. The summed E-state index contributed by atoms with van der Waals surface area (Å²) in [6.45, 7) is 3.31. The van der Waals surface area contributed by atoms with Crippen LogP contribution in [0.15, 0.2) is 24.5 Å². The lowest BCUT2D eigenvalue weighted by atomic mass is 10.1. The van der Waals surface area contributed by atoms with Crippen LogP contribution in [0.1, 0.15) is 83.1 Å². The molecule has 1 aromatic heterocycles. The van der Waals surface area contributed by atoms with E-state index in [1.54, 1.807) is 0 Å². The van der Waals surface area contributed by atoms with Gasteiger partial charge in [-0.1, -0.05) is 64.7 Å². The predicted octanol–water partition coefficient (Wildman–Crippen LogP) is 2.16. The predicted molar refractivity (Wildman–Crippen MR) is 87.8 cm³/mol. The normalized spacial score (nSPS) is 10.0. The van der Waals surface area contributed by atoms with Crippen molar-refractivity contribution in [3.05, 3.63) is 30.1 Å². The number of hydrogen-bond donors (Lipinski definition) is 0. The van der Waals surface area contributed by atoms with Crippen LogP contribution in [0.25, 0.3) is 0 Å². The van der Waals surface area contributed by atoms with Crippen molar-refractivity contribution in [1.82, 2.24) is 0 Å². The number of nitriles is 1. The summed E-state index contributed by atoms with van der Waals surface area (Å²) in [6.07, 6.45) is 19.1. The van der Waals surface area contributed by atoms with Crippen LogP contribution in [0.3, 0.4) is 0 Å². The van der Waals surface area contributed by atoms with Crippen molar-refractivity contribution in [1.29, 1.82) is 5.26 Å². The molecule has 1 rings (SSSR count). The third kappa shape index (κ3) is 10.8. The lowest BCUT2D eigenvalue weighted by Gasteiger charge is -2.02. The van der Waals surface area contributed by atoms with Crippen molar-refractivity contribution < 1.29 is 21.5 Å². The van der Waals surface area contributed by atoms with Gasteiger partial charge >= 0.3 is 0 Å². The summed E-state index contributed by atoms with van der Waals surface area (Å²) in [5.74, 6) is 0. The lowest BCUT2D eigenvalue weighted by Crippen LogP contribution is -3.00. The van der Waals surface area contributed by atoms with Crippen LogP contribution in [0.2, 0.25) is 0 Å². The standard InChI is InChI=1S/C19H31N2.BrH/c1-2-3-4-5-6-7-8-9-10-11-12-15-21-16-13-14-19(17-20)18-21;/h13-14,16,18H,2-12,15H2,1H3;1H/q+1;/p-1. The second kappa shape index (κ2) is 15.0. The second-order valence-electron chi connectivity index (χ2n) is 5.98. The van der Waals surface area contributed by atoms with Crippen molar-refractivity contribution in [3.63, 3.8) is 0 Å². The molecule has 0 N–H and O–H groups in total. The van der Waals surface area contributed by atoms with Crippen LogP contribution in [0.5, 0.6) is 0 Å². The van der Waals surface area contributed by atoms with Gasteiger partial charge in [-0.15, -0.1) is 0 Å². The number of unbranched alkanes of at least 4 members (excludes halogenated alkanes) is 10. The zero-order chi connectivity index (χ0) is 15.2. The number of pyridine rings is 1. The van der Waals surface area contributed by atoms with Gasteiger partial charge in [-0.3, -0.25) is 0 Å². The molecule has 0 bridgehead atoms. The van der Waals surface area contributed by atoms with Gasteiger partial charge in [0.1, 0.15) is 18.2 Å². The molecule has 0 aliphatic carbocycles. The molecular formula is C19H31BrN2. The van der Waals surface area contributed by atoms with E-state index in [1.165, 1.54) is 70.6 Å². The van der Waals surface area contributed by atoms with E-state index in [2.05, 4.69) is 23.8 Å². The van der Waals surface area contributed by atoms with Crippen LogP contribution >= 0.6 is 0 Å². The molecule has 2 nitrogen and oxygen atoms in total. The average molecular weight is 367 g/mol. The van der Waals surface area contributed by atoms with E-state index >= 15 is 0 Å². The largest absolute Gasteiger partial charge is 1.00 e. The molecule has 124 valence electrons. The molecule has 0 aliphatic rings. The maximum absolute atomic E-state index is 8.86. The molecule has 0 aliphatic heterocycles. The van der Waals surface area contributed by atoms with Gasteiger partial charge in [0.05, 0.1) is 0 Å². The molecule has 1 heterocycles. The summed E-state index contributed by atoms with van der Waals surface area (Å²) >= 11 is 0. The van der Waals surface area contributed by atoms with Gasteiger partial charge in [0, 0.05) is 12.5 Å². The highest BCUT2D eigenvalue weighted by Gasteiger charge is 2.01. The maximum Gasteiger partial charge on any atom is 0.186 e. The quantitative estimate of drug-likeness (QED) is 0.411.